The molecule has 62 valence electrons. The number of hydrogen-bond donors (Lipinski definition) is 0. The van der Waals surface area contributed by atoms with E-state index in [1.807, 2.05) is 0 Å². The number of hydrogen-bond acceptors (Lipinski definition) is 2. The Bertz CT molecular complexity index is 195. The fourth-order valence-corrected chi connectivity index (χ4v) is 0.328. The van der Waals surface area contributed by atoms with E-state index in [9.17, 15) is 13.6 Å². The molecular weight excluding hydrogens is 154 g/mol. The highest BCUT2D eigenvalue weighted by molar-refractivity contribution is 5.88. The minimum atomic E-state index is -3.13. The molecular formula is C7H8F2O2. The molecule has 0 N–H and O–H groups in total. The summed E-state index contributed by atoms with van der Waals surface area (Å²) in [5.74, 6) is -0.943. The Morgan fingerprint density at radius 3 is 2.55 bits per heavy atom. The molecule has 0 heterocycles. The van der Waals surface area contributed by atoms with Crippen molar-refractivity contribution >= 4 is 5.97 Å². The van der Waals surface area contributed by atoms with Crippen molar-refractivity contribution in [1.29, 1.82) is 0 Å². The van der Waals surface area contributed by atoms with Gasteiger partial charge >= 0.3 is 11.9 Å². The average molecular weight is 162 g/mol. The van der Waals surface area contributed by atoms with Gasteiger partial charge in [0.15, 0.2) is 0 Å². The predicted octanol–water partition coefficient (Wildman–Crippen LogP) is 1.21. The van der Waals surface area contributed by atoms with Crippen molar-refractivity contribution in [2.75, 3.05) is 6.61 Å². The normalized spacial score (nSPS) is 9.82. The average Bonchev–Trinajstić information content (AvgIpc) is 1.83. The summed E-state index contributed by atoms with van der Waals surface area (Å²) in [5, 5.41) is 0. The summed E-state index contributed by atoms with van der Waals surface area (Å²) >= 11 is 0. The fraction of sp³-hybridized carbons (Fsp3) is 0.571. The monoisotopic (exact) mass is 162 g/mol. The summed E-state index contributed by atoms with van der Waals surface area (Å²) in [6, 6.07) is 0. The number of esters is 1. The molecule has 0 amide bonds. The van der Waals surface area contributed by atoms with Crippen molar-refractivity contribution in [2.24, 2.45) is 0 Å². The molecule has 0 aromatic carbocycles. The van der Waals surface area contributed by atoms with Crippen LogP contribution in [0.3, 0.4) is 0 Å². The van der Waals surface area contributed by atoms with Gasteiger partial charge in [0.1, 0.15) is 0 Å². The zero-order valence-electron chi connectivity index (χ0n) is 6.28. The van der Waals surface area contributed by atoms with Gasteiger partial charge in [0.25, 0.3) is 0 Å². The van der Waals surface area contributed by atoms with Crippen molar-refractivity contribution in [3.8, 4) is 11.8 Å². The van der Waals surface area contributed by atoms with Gasteiger partial charge in [-0.3, -0.25) is 0 Å². The summed E-state index contributed by atoms with van der Waals surface area (Å²) in [6.07, 6.45) is 0. The van der Waals surface area contributed by atoms with E-state index in [1.165, 1.54) is 5.92 Å². The number of halogens is 2. The van der Waals surface area contributed by atoms with Crippen LogP contribution in [0.1, 0.15) is 13.8 Å². The standard InChI is InChI=1S/C7H8F2O2/c1-3-11-6(10)4-5-7(2,8)9/h3H2,1-2H3. The Morgan fingerprint density at radius 2 is 2.18 bits per heavy atom. The Balaban J connectivity index is 3.98. The fourth-order valence-electron chi connectivity index (χ4n) is 0.328. The van der Waals surface area contributed by atoms with Crippen LogP contribution in [-0.2, 0) is 9.53 Å². The Hall–Kier alpha value is -1.11. The van der Waals surface area contributed by atoms with Gasteiger partial charge in [-0.2, -0.15) is 8.78 Å². The molecule has 0 fully saturated rings. The van der Waals surface area contributed by atoms with Crippen molar-refractivity contribution in [1.82, 2.24) is 0 Å². The smallest absolute Gasteiger partial charge is 0.384 e. The first-order chi connectivity index (χ1) is 4.95. The molecule has 0 radical (unpaired) electrons. The Labute approximate surface area is 63.5 Å². The van der Waals surface area contributed by atoms with E-state index in [0.717, 1.165) is 0 Å². The second-order valence-corrected chi connectivity index (χ2v) is 1.86. The zero-order chi connectivity index (χ0) is 8.91. The highest BCUT2D eigenvalue weighted by atomic mass is 19.3. The van der Waals surface area contributed by atoms with Crippen LogP contribution >= 0.6 is 0 Å². The lowest BCUT2D eigenvalue weighted by atomic mass is 10.4. The molecule has 0 aromatic rings. The zero-order valence-corrected chi connectivity index (χ0v) is 6.28. The maximum atomic E-state index is 11.9. The second-order valence-electron chi connectivity index (χ2n) is 1.86. The molecule has 0 saturated heterocycles. The highest BCUT2D eigenvalue weighted by Crippen LogP contribution is 2.07. The van der Waals surface area contributed by atoms with E-state index in [-0.39, 0.29) is 6.61 Å². The first-order valence-electron chi connectivity index (χ1n) is 3.03. The van der Waals surface area contributed by atoms with Gasteiger partial charge in [0, 0.05) is 12.8 Å². The summed E-state index contributed by atoms with van der Waals surface area (Å²) in [4.78, 5) is 10.4. The van der Waals surface area contributed by atoms with Gasteiger partial charge in [-0.1, -0.05) is 0 Å². The quantitative estimate of drug-likeness (QED) is 0.329. The maximum absolute atomic E-state index is 11.9. The number of alkyl halides is 2. The number of ether oxygens (including phenoxy) is 1. The molecule has 0 unspecified atom stereocenters. The molecule has 0 bridgehead atoms. The summed E-state index contributed by atoms with van der Waals surface area (Å²) in [6.45, 7) is 2.33. The minimum absolute atomic E-state index is 0.142. The first kappa shape index (κ1) is 9.89. The van der Waals surface area contributed by atoms with E-state index in [2.05, 4.69) is 4.74 Å². The van der Waals surface area contributed by atoms with Crippen LogP contribution in [-0.4, -0.2) is 18.5 Å². The van der Waals surface area contributed by atoms with Gasteiger partial charge in [0.05, 0.1) is 6.61 Å². The molecule has 0 rings (SSSR count). The van der Waals surface area contributed by atoms with Crippen LogP contribution < -0.4 is 0 Å². The molecule has 4 heteroatoms. The second kappa shape index (κ2) is 3.91. The van der Waals surface area contributed by atoms with Gasteiger partial charge in [-0.25, -0.2) is 4.79 Å². The SMILES string of the molecule is CCOC(=O)C#CC(C)(F)F. The third kappa shape index (κ3) is 6.78. The Morgan fingerprint density at radius 1 is 1.64 bits per heavy atom. The van der Waals surface area contributed by atoms with Crippen LogP contribution in [0.2, 0.25) is 0 Å². The van der Waals surface area contributed by atoms with Crippen molar-refractivity contribution < 1.29 is 18.3 Å². The van der Waals surface area contributed by atoms with Crippen LogP contribution in [0.15, 0.2) is 0 Å². The molecule has 0 aliphatic rings. The molecule has 0 spiro atoms. The lowest BCUT2D eigenvalue weighted by molar-refractivity contribution is -0.136. The van der Waals surface area contributed by atoms with E-state index in [4.69, 9.17) is 0 Å². The highest BCUT2D eigenvalue weighted by Gasteiger charge is 2.16. The van der Waals surface area contributed by atoms with Crippen LogP contribution in [0.5, 0.6) is 0 Å². The van der Waals surface area contributed by atoms with Gasteiger partial charge < -0.3 is 4.74 Å². The lowest BCUT2D eigenvalue weighted by Crippen LogP contribution is -2.07. The largest absolute Gasteiger partial charge is 0.456 e. The predicted molar refractivity (Wildman–Crippen MR) is 35.0 cm³/mol. The number of carbonyl (C=O) groups is 1. The van der Waals surface area contributed by atoms with Crippen LogP contribution in [0.4, 0.5) is 8.78 Å². The minimum Gasteiger partial charge on any atom is -0.456 e. The Kier molecular flexibility index (Phi) is 3.52. The molecule has 0 saturated carbocycles. The molecule has 11 heavy (non-hydrogen) atoms. The number of rotatable bonds is 1. The topological polar surface area (TPSA) is 26.3 Å². The first-order valence-corrected chi connectivity index (χ1v) is 3.03. The number of carbonyl (C=O) groups excluding carboxylic acids is 1. The van der Waals surface area contributed by atoms with E-state index < -0.39 is 11.9 Å². The van der Waals surface area contributed by atoms with E-state index in [1.54, 1.807) is 12.8 Å². The van der Waals surface area contributed by atoms with Crippen LogP contribution in [0.25, 0.3) is 0 Å². The summed E-state index contributed by atoms with van der Waals surface area (Å²) in [5.41, 5.74) is 0. The van der Waals surface area contributed by atoms with Crippen molar-refractivity contribution in [3.63, 3.8) is 0 Å². The maximum Gasteiger partial charge on any atom is 0.384 e. The molecule has 0 aromatic heterocycles. The molecule has 0 aliphatic heterocycles. The summed E-state index contributed by atoms with van der Waals surface area (Å²) in [7, 11) is 0. The van der Waals surface area contributed by atoms with Gasteiger partial charge in [-0.05, 0) is 12.8 Å². The third-order valence-electron chi connectivity index (χ3n) is 0.659. The molecule has 0 aliphatic carbocycles. The van der Waals surface area contributed by atoms with Gasteiger partial charge in [0.2, 0.25) is 0 Å². The third-order valence-corrected chi connectivity index (χ3v) is 0.659. The summed E-state index contributed by atoms with van der Waals surface area (Å²) < 4.78 is 28.2. The van der Waals surface area contributed by atoms with E-state index >= 15 is 0 Å². The van der Waals surface area contributed by atoms with E-state index in [0.29, 0.717) is 6.92 Å². The molecule has 2 nitrogen and oxygen atoms in total. The molecule has 0 atom stereocenters. The van der Waals surface area contributed by atoms with Crippen LogP contribution in [0, 0.1) is 11.8 Å². The lowest BCUT2D eigenvalue weighted by Gasteiger charge is -1.96. The van der Waals surface area contributed by atoms with Crippen molar-refractivity contribution in [2.45, 2.75) is 19.8 Å². The van der Waals surface area contributed by atoms with Crippen molar-refractivity contribution in [3.05, 3.63) is 0 Å². The van der Waals surface area contributed by atoms with Gasteiger partial charge in [-0.15, -0.1) is 0 Å².